The number of hydrogen-bond donors (Lipinski definition) is 1. The van der Waals surface area contributed by atoms with Crippen molar-refractivity contribution in [1.29, 1.82) is 0 Å². The quantitative estimate of drug-likeness (QED) is 0.605. The zero-order valence-corrected chi connectivity index (χ0v) is 19.0. The highest BCUT2D eigenvalue weighted by molar-refractivity contribution is 7.97. The van der Waals surface area contributed by atoms with Gasteiger partial charge in [-0.25, -0.2) is 8.42 Å². The molecule has 1 N–H and O–H groups in total. The SMILES string of the molecule is CCN1c2ccccc2C(c2ccccc2)=C(C(=O)NC[C@@H](C)c2ccccc2)S1(=O)=O. The minimum atomic E-state index is -4.04. The molecule has 1 heterocycles. The second-order valence-electron chi connectivity index (χ2n) is 7.78. The van der Waals surface area contributed by atoms with Crippen LogP contribution in [-0.2, 0) is 14.8 Å². The van der Waals surface area contributed by atoms with Crippen molar-refractivity contribution in [3.05, 3.63) is 107 Å². The molecule has 32 heavy (non-hydrogen) atoms. The number of rotatable bonds is 6. The van der Waals surface area contributed by atoms with Gasteiger partial charge in [-0.3, -0.25) is 9.10 Å². The van der Waals surface area contributed by atoms with E-state index in [2.05, 4.69) is 5.32 Å². The summed E-state index contributed by atoms with van der Waals surface area (Å²) in [7, 11) is -4.04. The molecule has 1 aliphatic rings. The van der Waals surface area contributed by atoms with Crippen LogP contribution in [0, 0.1) is 0 Å². The third-order valence-corrected chi connectivity index (χ3v) is 7.65. The molecule has 3 aromatic carbocycles. The predicted octanol–water partition coefficient (Wildman–Crippen LogP) is 4.54. The van der Waals surface area contributed by atoms with Crippen molar-refractivity contribution in [3.8, 4) is 0 Å². The fourth-order valence-electron chi connectivity index (χ4n) is 4.08. The van der Waals surface area contributed by atoms with E-state index in [1.54, 1.807) is 13.0 Å². The van der Waals surface area contributed by atoms with Crippen molar-refractivity contribution in [2.24, 2.45) is 0 Å². The van der Waals surface area contributed by atoms with Gasteiger partial charge >= 0.3 is 0 Å². The van der Waals surface area contributed by atoms with Crippen LogP contribution in [0.5, 0.6) is 0 Å². The normalized spacial score (nSPS) is 15.8. The van der Waals surface area contributed by atoms with E-state index in [9.17, 15) is 13.2 Å². The van der Waals surface area contributed by atoms with Gasteiger partial charge in [0, 0.05) is 24.2 Å². The smallest absolute Gasteiger partial charge is 0.270 e. The van der Waals surface area contributed by atoms with Crippen molar-refractivity contribution in [3.63, 3.8) is 0 Å². The second-order valence-corrected chi connectivity index (χ2v) is 9.58. The Hall–Kier alpha value is -3.38. The zero-order valence-electron chi connectivity index (χ0n) is 18.2. The number of benzene rings is 3. The fraction of sp³-hybridized carbons (Fsp3) is 0.192. The maximum Gasteiger partial charge on any atom is 0.270 e. The fourth-order valence-corrected chi connectivity index (χ4v) is 5.85. The highest BCUT2D eigenvalue weighted by Crippen LogP contribution is 2.42. The summed E-state index contributed by atoms with van der Waals surface area (Å²) in [5, 5.41) is 2.88. The Bertz CT molecular complexity index is 1250. The Morgan fingerprint density at radius 2 is 1.50 bits per heavy atom. The third-order valence-electron chi connectivity index (χ3n) is 5.71. The molecular weight excluding hydrogens is 420 g/mol. The molecule has 1 atom stereocenters. The highest BCUT2D eigenvalue weighted by atomic mass is 32.2. The number of carbonyl (C=O) groups is 1. The minimum Gasteiger partial charge on any atom is -0.351 e. The molecule has 5 nitrogen and oxygen atoms in total. The van der Waals surface area contributed by atoms with Crippen LogP contribution < -0.4 is 9.62 Å². The van der Waals surface area contributed by atoms with Gasteiger partial charge in [-0.1, -0.05) is 85.8 Å². The topological polar surface area (TPSA) is 66.5 Å². The number of sulfonamides is 1. The lowest BCUT2D eigenvalue weighted by Crippen LogP contribution is -2.42. The minimum absolute atomic E-state index is 0.0433. The van der Waals surface area contributed by atoms with E-state index in [1.807, 2.05) is 85.8 Å². The number of nitrogens with one attached hydrogen (secondary N) is 1. The van der Waals surface area contributed by atoms with Crippen LogP contribution in [-0.4, -0.2) is 27.4 Å². The third kappa shape index (κ3) is 3.94. The Kier molecular flexibility index (Phi) is 6.15. The molecule has 0 saturated carbocycles. The molecule has 6 heteroatoms. The summed E-state index contributed by atoms with van der Waals surface area (Å²) in [4.78, 5) is 13.2. The summed E-state index contributed by atoms with van der Waals surface area (Å²) in [6.07, 6.45) is 0. The summed E-state index contributed by atoms with van der Waals surface area (Å²) in [6.45, 7) is 4.34. The van der Waals surface area contributed by atoms with Gasteiger partial charge in [-0.05, 0) is 30.0 Å². The van der Waals surface area contributed by atoms with Gasteiger partial charge in [-0.2, -0.15) is 0 Å². The first-order valence-corrected chi connectivity index (χ1v) is 12.1. The van der Waals surface area contributed by atoms with Crippen LogP contribution in [0.2, 0.25) is 0 Å². The van der Waals surface area contributed by atoms with E-state index >= 15 is 0 Å². The van der Waals surface area contributed by atoms with Gasteiger partial charge in [0.05, 0.1) is 5.69 Å². The van der Waals surface area contributed by atoms with Crippen LogP contribution in [0.4, 0.5) is 5.69 Å². The van der Waals surface area contributed by atoms with E-state index in [4.69, 9.17) is 0 Å². The van der Waals surface area contributed by atoms with Crippen LogP contribution in [0.15, 0.2) is 89.8 Å². The van der Waals surface area contributed by atoms with Crippen LogP contribution in [0.25, 0.3) is 5.57 Å². The number of hydrogen-bond acceptors (Lipinski definition) is 3. The average molecular weight is 447 g/mol. The number of carbonyl (C=O) groups excluding carboxylic acids is 1. The summed E-state index contributed by atoms with van der Waals surface area (Å²) in [5.74, 6) is -0.540. The molecule has 164 valence electrons. The lowest BCUT2D eigenvalue weighted by atomic mass is 9.95. The first-order chi connectivity index (χ1) is 15.4. The number of para-hydroxylation sites is 1. The second kappa shape index (κ2) is 9.01. The van der Waals surface area contributed by atoms with E-state index in [0.29, 0.717) is 23.4 Å². The van der Waals surface area contributed by atoms with Crippen molar-refractivity contribution < 1.29 is 13.2 Å². The van der Waals surface area contributed by atoms with Crippen molar-refractivity contribution in [1.82, 2.24) is 5.32 Å². The number of fused-ring (bicyclic) bond motifs is 1. The Morgan fingerprint density at radius 1 is 0.906 bits per heavy atom. The maximum atomic E-state index is 13.7. The Morgan fingerprint density at radius 3 is 2.16 bits per heavy atom. The maximum absolute atomic E-state index is 13.7. The van der Waals surface area contributed by atoms with E-state index in [0.717, 1.165) is 11.1 Å². The van der Waals surface area contributed by atoms with Crippen LogP contribution in [0.3, 0.4) is 0 Å². The molecule has 0 spiro atoms. The Labute approximate surface area is 189 Å². The van der Waals surface area contributed by atoms with Crippen LogP contribution in [0.1, 0.15) is 36.5 Å². The summed E-state index contributed by atoms with van der Waals surface area (Å²) in [5.41, 5.74) is 3.54. The standard InChI is InChI=1S/C26H26N2O3S/c1-3-28-23-17-11-10-16-22(23)24(21-14-8-5-9-15-21)25(32(28,30)31)26(29)27-18-19(2)20-12-6-4-7-13-20/h4-17,19H,3,18H2,1-2H3,(H,27,29)/t19-/m1/s1. The van der Waals surface area contributed by atoms with Crippen LogP contribution >= 0.6 is 0 Å². The molecule has 0 unspecified atom stereocenters. The van der Waals surface area contributed by atoms with E-state index in [-0.39, 0.29) is 17.4 Å². The predicted molar refractivity (Wildman–Crippen MR) is 129 cm³/mol. The zero-order chi connectivity index (χ0) is 22.7. The van der Waals surface area contributed by atoms with E-state index < -0.39 is 15.9 Å². The largest absolute Gasteiger partial charge is 0.351 e. The monoisotopic (exact) mass is 446 g/mol. The molecule has 4 rings (SSSR count). The first-order valence-electron chi connectivity index (χ1n) is 10.7. The molecule has 0 aliphatic carbocycles. The molecule has 0 saturated heterocycles. The average Bonchev–Trinajstić information content (AvgIpc) is 2.82. The van der Waals surface area contributed by atoms with Gasteiger partial charge in [0.1, 0.15) is 0 Å². The molecule has 0 aromatic heterocycles. The first kappa shape index (κ1) is 21.8. The lowest BCUT2D eigenvalue weighted by molar-refractivity contribution is -0.116. The van der Waals surface area contributed by atoms with E-state index in [1.165, 1.54) is 4.31 Å². The highest BCUT2D eigenvalue weighted by Gasteiger charge is 2.40. The van der Waals surface area contributed by atoms with Gasteiger partial charge in [0.15, 0.2) is 4.91 Å². The number of nitrogens with zero attached hydrogens (tertiary/aromatic N) is 1. The summed E-state index contributed by atoms with van der Waals surface area (Å²) >= 11 is 0. The molecule has 1 amide bonds. The molecule has 0 fully saturated rings. The lowest BCUT2D eigenvalue weighted by Gasteiger charge is -2.32. The Balaban J connectivity index is 1.81. The number of amides is 1. The molecule has 3 aromatic rings. The van der Waals surface area contributed by atoms with Gasteiger partial charge in [0.2, 0.25) is 0 Å². The molecule has 1 aliphatic heterocycles. The summed E-state index contributed by atoms with van der Waals surface area (Å²) < 4.78 is 28.6. The molecule has 0 radical (unpaired) electrons. The van der Waals surface area contributed by atoms with Crippen molar-refractivity contribution >= 4 is 27.2 Å². The van der Waals surface area contributed by atoms with Gasteiger partial charge in [-0.15, -0.1) is 0 Å². The van der Waals surface area contributed by atoms with Gasteiger partial charge < -0.3 is 5.32 Å². The van der Waals surface area contributed by atoms with Gasteiger partial charge in [0.25, 0.3) is 15.9 Å². The van der Waals surface area contributed by atoms with Crippen molar-refractivity contribution in [2.75, 3.05) is 17.4 Å². The number of anilines is 1. The molecule has 0 bridgehead atoms. The summed E-state index contributed by atoms with van der Waals surface area (Å²) in [6, 6.07) is 26.4. The van der Waals surface area contributed by atoms with Crippen molar-refractivity contribution in [2.45, 2.75) is 19.8 Å². The molecular formula is C26H26N2O3S.